The van der Waals surface area contributed by atoms with Crippen molar-refractivity contribution in [3.8, 4) is 0 Å². The molecule has 84 valence electrons. The Labute approximate surface area is 91.5 Å². The van der Waals surface area contributed by atoms with Crippen LogP contribution in [0.15, 0.2) is 12.4 Å². The summed E-state index contributed by atoms with van der Waals surface area (Å²) in [5.41, 5.74) is 1.04. The molecule has 0 saturated heterocycles. The van der Waals surface area contributed by atoms with Crippen molar-refractivity contribution in [1.29, 1.82) is 0 Å². The largest absolute Gasteiger partial charge is 0.299 e. The summed E-state index contributed by atoms with van der Waals surface area (Å²) in [7, 11) is 0. The van der Waals surface area contributed by atoms with Crippen molar-refractivity contribution in [2.24, 2.45) is 0 Å². The zero-order valence-electron chi connectivity index (χ0n) is 9.70. The van der Waals surface area contributed by atoms with Crippen LogP contribution < -0.4 is 0 Å². The lowest BCUT2D eigenvalue weighted by Crippen LogP contribution is -2.01. The Morgan fingerprint density at radius 2 is 2.20 bits per heavy atom. The molecular weight excluding hydrogens is 188 g/mol. The molecule has 15 heavy (non-hydrogen) atoms. The number of ketones is 1. The second-order valence-electron chi connectivity index (χ2n) is 3.88. The number of unbranched alkanes of at least 4 members (excludes halogenated alkanes) is 2. The van der Waals surface area contributed by atoms with Crippen molar-refractivity contribution in [2.45, 2.75) is 52.5 Å². The van der Waals surface area contributed by atoms with Gasteiger partial charge in [-0.2, -0.15) is 5.10 Å². The van der Waals surface area contributed by atoms with Crippen molar-refractivity contribution in [2.75, 3.05) is 0 Å². The minimum absolute atomic E-state index is 0.333. The summed E-state index contributed by atoms with van der Waals surface area (Å²) in [6.45, 7) is 5.06. The molecule has 0 aromatic carbocycles. The van der Waals surface area contributed by atoms with Crippen LogP contribution in [0.2, 0.25) is 0 Å². The molecule has 0 atom stereocenters. The first kappa shape index (κ1) is 12.0. The Hall–Kier alpha value is -1.12. The molecule has 0 N–H and O–H groups in total. The fourth-order valence-corrected chi connectivity index (χ4v) is 1.56. The third kappa shape index (κ3) is 4.28. The van der Waals surface area contributed by atoms with Crippen LogP contribution in [-0.2, 0) is 17.8 Å². The topological polar surface area (TPSA) is 34.9 Å². The van der Waals surface area contributed by atoms with Crippen LogP contribution in [0, 0.1) is 0 Å². The molecule has 0 bridgehead atoms. The van der Waals surface area contributed by atoms with Crippen LogP contribution in [0.4, 0.5) is 0 Å². The summed E-state index contributed by atoms with van der Waals surface area (Å²) in [5.74, 6) is 0.333. The molecular formula is C12H20N2O. The molecule has 1 aromatic heterocycles. The van der Waals surface area contributed by atoms with Crippen LogP contribution in [-0.4, -0.2) is 15.6 Å². The number of Topliss-reactive ketones (excluding diaryl/α,β-unsaturated/α-hetero) is 1. The van der Waals surface area contributed by atoms with E-state index in [1.54, 1.807) is 6.20 Å². The molecule has 1 rings (SSSR count). The van der Waals surface area contributed by atoms with Gasteiger partial charge in [0.1, 0.15) is 5.78 Å². The van der Waals surface area contributed by atoms with E-state index in [9.17, 15) is 4.79 Å². The van der Waals surface area contributed by atoms with E-state index in [2.05, 4.69) is 12.0 Å². The van der Waals surface area contributed by atoms with Crippen LogP contribution in [0.1, 0.15) is 45.1 Å². The first-order valence-corrected chi connectivity index (χ1v) is 5.79. The average molecular weight is 208 g/mol. The molecule has 1 heterocycles. The number of hydrogen-bond donors (Lipinski definition) is 0. The van der Waals surface area contributed by atoms with Gasteiger partial charge in [0.25, 0.3) is 0 Å². The van der Waals surface area contributed by atoms with Crippen LogP contribution in [0.25, 0.3) is 0 Å². The van der Waals surface area contributed by atoms with E-state index in [1.165, 1.54) is 6.42 Å². The van der Waals surface area contributed by atoms with Crippen molar-refractivity contribution in [3.63, 3.8) is 0 Å². The lowest BCUT2D eigenvalue weighted by molar-refractivity contribution is -0.118. The van der Waals surface area contributed by atoms with E-state index < -0.39 is 0 Å². The summed E-state index contributed by atoms with van der Waals surface area (Å²) in [6, 6.07) is 0. The molecule has 0 saturated carbocycles. The smallest absolute Gasteiger partial charge is 0.137 e. The van der Waals surface area contributed by atoms with E-state index in [0.717, 1.165) is 24.9 Å². The molecule has 0 fully saturated rings. The van der Waals surface area contributed by atoms with E-state index >= 15 is 0 Å². The van der Waals surface area contributed by atoms with Gasteiger partial charge in [-0.1, -0.05) is 19.8 Å². The number of rotatable bonds is 7. The van der Waals surface area contributed by atoms with Gasteiger partial charge in [-0.05, 0) is 18.9 Å². The van der Waals surface area contributed by atoms with Gasteiger partial charge in [-0.3, -0.25) is 9.48 Å². The van der Waals surface area contributed by atoms with Crippen molar-refractivity contribution in [1.82, 2.24) is 9.78 Å². The summed E-state index contributed by atoms with van der Waals surface area (Å²) in [5, 5.41) is 4.15. The highest BCUT2D eigenvalue weighted by atomic mass is 16.1. The Balaban J connectivity index is 2.31. The second-order valence-corrected chi connectivity index (χ2v) is 3.88. The Kier molecular flexibility index (Phi) is 5.08. The summed E-state index contributed by atoms with van der Waals surface area (Å²) in [6.07, 6.45) is 8.35. The van der Waals surface area contributed by atoms with Gasteiger partial charge < -0.3 is 0 Å². The molecule has 0 spiro atoms. The standard InChI is InChI=1S/C12H20N2O/c1-3-5-6-7-12(15)8-11-9-13-14(4-2)10-11/h9-10H,3-8H2,1-2H3. The van der Waals surface area contributed by atoms with Gasteiger partial charge in [0, 0.05) is 25.6 Å². The number of aryl methyl sites for hydroxylation is 1. The lowest BCUT2D eigenvalue weighted by atomic mass is 10.1. The van der Waals surface area contributed by atoms with Gasteiger partial charge in [-0.15, -0.1) is 0 Å². The molecule has 0 aliphatic rings. The summed E-state index contributed by atoms with van der Waals surface area (Å²) in [4.78, 5) is 11.5. The minimum Gasteiger partial charge on any atom is -0.299 e. The average Bonchev–Trinajstić information content (AvgIpc) is 2.66. The first-order chi connectivity index (χ1) is 7.26. The quantitative estimate of drug-likeness (QED) is 0.645. The van der Waals surface area contributed by atoms with E-state index in [1.807, 2.05) is 17.8 Å². The van der Waals surface area contributed by atoms with Crippen molar-refractivity contribution < 1.29 is 4.79 Å². The van der Waals surface area contributed by atoms with Gasteiger partial charge in [-0.25, -0.2) is 0 Å². The van der Waals surface area contributed by atoms with Gasteiger partial charge in [0.15, 0.2) is 0 Å². The Bertz CT molecular complexity index is 304. The number of hydrogen-bond acceptors (Lipinski definition) is 2. The fourth-order valence-electron chi connectivity index (χ4n) is 1.56. The zero-order valence-corrected chi connectivity index (χ0v) is 9.70. The molecule has 0 aliphatic carbocycles. The molecule has 3 heteroatoms. The molecule has 0 aliphatic heterocycles. The second kappa shape index (κ2) is 6.38. The van der Waals surface area contributed by atoms with Crippen molar-refractivity contribution in [3.05, 3.63) is 18.0 Å². The monoisotopic (exact) mass is 208 g/mol. The van der Waals surface area contributed by atoms with Gasteiger partial charge >= 0.3 is 0 Å². The molecule has 0 radical (unpaired) electrons. The summed E-state index contributed by atoms with van der Waals surface area (Å²) < 4.78 is 1.86. The van der Waals surface area contributed by atoms with Gasteiger partial charge in [0.05, 0.1) is 6.20 Å². The molecule has 0 amide bonds. The lowest BCUT2D eigenvalue weighted by Gasteiger charge is -1.97. The molecule has 3 nitrogen and oxygen atoms in total. The molecule has 1 aromatic rings. The maximum Gasteiger partial charge on any atom is 0.137 e. The minimum atomic E-state index is 0.333. The first-order valence-electron chi connectivity index (χ1n) is 5.79. The Morgan fingerprint density at radius 1 is 1.40 bits per heavy atom. The van der Waals surface area contributed by atoms with Crippen LogP contribution in [0.5, 0.6) is 0 Å². The predicted molar refractivity (Wildman–Crippen MR) is 60.8 cm³/mol. The van der Waals surface area contributed by atoms with Gasteiger partial charge in [0.2, 0.25) is 0 Å². The third-order valence-electron chi connectivity index (χ3n) is 2.47. The van der Waals surface area contributed by atoms with E-state index in [4.69, 9.17) is 0 Å². The van der Waals surface area contributed by atoms with Crippen LogP contribution >= 0.6 is 0 Å². The van der Waals surface area contributed by atoms with E-state index in [-0.39, 0.29) is 0 Å². The maximum atomic E-state index is 11.5. The summed E-state index contributed by atoms with van der Waals surface area (Å²) >= 11 is 0. The normalized spacial score (nSPS) is 10.5. The zero-order chi connectivity index (χ0) is 11.1. The van der Waals surface area contributed by atoms with Crippen LogP contribution in [0.3, 0.4) is 0 Å². The highest BCUT2D eigenvalue weighted by molar-refractivity contribution is 5.80. The maximum absolute atomic E-state index is 11.5. The number of carbonyl (C=O) groups excluding carboxylic acids is 1. The fraction of sp³-hybridized carbons (Fsp3) is 0.667. The molecule has 0 unspecified atom stereocenters. The highest BCUT2D eigenvalue weighted by Gasteiger charge is 2.05. The van der Waals surface area contributed by atoms with Crippen molar-refractivity contribution >= 4 is 5.78 Å². The Morgan fingerprint density at radius 3 is 2.80 bits per heavy atom. The third-order valence-corrected chi connectivity index (χ3v) is 2.47. The predicted octanol–water partition coefficient (Wildman–Crippen LogP) is 2.59. The number of nitrogens with zero attached hydrogens (tertiary/aromatic N) is 2. The van der Waals surface area contributed by atoms with E-state index in [0.29, 0.717) is 18.6 Å². The highest BCUT2D eigenvalue weighted by Crippen LogP contribution is 2.05. The number of aromatic nitrogens is 2. The SMILES string of the molecule is CCCCCC(=O)Cc1cnn(CC)c1. The number of carbonyl (C=O) groups is 1.